The molecule has 2 aromatic rings. The van der Waals surface area contributed by atoms with Crippen molar-refractivity contribution in [1.29, 1.82) is 0 Å². The van der Waals surface area contributed by atoms with Gasteiger partial charge >= 0.3 is 0 Å². The van der Waals surface area contributed by atoms with Crippen molar-refractivity contribution in [3.05, 3.63) is 57.0 Å². The molecule has 0 aliphatic carbocycles. The Morgan fingerprint density at radius 1 is 1.11 bits per heavy atom. The molecule has 2 rings (SSSR count). The van der Waals surface area contributed by atoms with Crippen LogP contribution < -0.4 is 4.74 Å². The number of halogens is 2. The van der Waals surface area contributed by atoms with Gasteiger partial charge in [0.1, 0.15) is 11.5 Å². The predicted octanol–water partition coefficient (Wildman–Crippen LogP) is 5.06. The minimum atomic E-state index is -0.485. The summed E-state index contributed by atoms with van der Waals surface area (Å²) in [5, 5.41) is 9.50. The van der Waals surface area contributed by atoms with Crippen LogP contribution in [-0.4, -0.2) is 5.11 Å². The van der Waals surface area contributed by atoms with Crippen molar-refractivity contribution >= 4 is 31.9 Å². The van der Waals surface area contributed by atoms with Crippen LogP contribution in [0.1, 0.15) is 18.6 Å². The Hall–Kier alpha value is -0.840. The molecule has 4 heteroatoms. The van der Waals surface area contributed by atoms with E-state index in [1.807, 2.05) is 42.5 Å². The molecule has 0 spiro atoms. The van der Waals surface area contributed by atoms with Gasteiger partial charge in [0, 0.05) is 4.47 Å². The standard InChI is InChI=1S/C14H12Br2O2/c1-9(17)10-5-6-14(13(16)7-10)18-12-4-2-3-11(15)8-12/h2-9,17H,1H3. The van der Waals surface area contributed by atoms with Gasteiger partial charge in [-0.3, -0.25) is 0 Å². The summed E-state index contributed by atoms with van der Waals surface area (Å²) in [6.07, 6.45) is -0.485. The Morgan fingerprint density at radius 2 is 1.89 bits per heavy atom. The van der Waals surface area contributed by atoms with Gasteiger partial charge < -0.3 is 9.84 Å². The third-order valence-electron chi connectivity index (χ3n) is 2.46. The second kappa shape index (κ2) is 5.87. The smallest absolute Gasteiger partial charge is 0.141 e. The van der Waals surface area contributed by atoms with E-state index in [1.165, 1.54) is 0 Å². The first-order valence-corrected chi connectivity index (χ1v) is 7.06. The van der Waals surface area contributed by atoms with Gasteiger partial charge in [0.2, 0.25) is 0 Å². The monoisotopic (exact) mass is 370 g/mol. The summed E-state index contributed by atoms with van der Waals surface area (Å²) >= 11 is 6.84. The highest BCUT2D eigenvalue weighted by Gasteiger charge is 2.07. The largest absolute Gasteiger partial charge is 0.456 e. The molecule has 0 radical (unpaired) electrons. The molecule has 1 N–H and O–H groups in total. The minimum absolute atomic E-state index is 0.485. The molecule has 94 valence electrons. The van der Waals surface area contributed by atoms with Crippen LogP contribution >= 0.6 is 31.9 Å². The summed E-state index contributed by atoms with van der Waals surface area (Å²) in [5.41, 5.74) is 0.850. The first-order chi connectivity index (χ1) is 8.56. The van der Waals surface area contributed by atoms with Gasteiger partial charge in [-0.2, -0.15) is 0 Å². The maximum Gasteiger partial charge on any atom is 0.141 e. The summed E-state index contributed by atoms with van der Waals surface area (Å²) in [5.74, 6) is 1.48. The molecule has 0 aliphatic rings. The number of rotatable bonds is 3. The molecule has 2 aromatic carbocycles. The summed E-state index contributed by atoms with van der Waals surface area (Å²) in [6.45, 7) is 1.73. The van der Waals surface area contributed by atoms with Crippen LogP contribution in [0.3, 0.4) is 0 Å². The van der Waals surface area contributed by atoms with Gasteiger partial charge in [-0.25, -0.2) is 0 Å². The van der Waals surface area contributed by atoms with Crippen LogP contribution in [0.4, 0.5) is 0 Å². The third-order valence-corrected chi connectivity index (χ3v) is 3.58. The second-order valence-electron chi connectivity index (χ2n) is 3.93. The van der Waals surface area contributed by atoms with E-state index in [0.717, 1.165) is 26.0 Å². The number of aliphatic hydroxyl groups excluding tert-OH is 1. The van der Waals surface area contributed by atoms with E-state index < -0.39 is 6.10 Å². The lowest BCUT2D eigenvalue weighted by Gasteiger charge is -2.11. The second-order valence-corrected chi connectivity index (χ2v) is 5.70. The molecule has 0 bridgehead atoms. The lowest BCUT2D eigenvalue weighted by atomic mass is 10.1. The molecule has 2 nitrogen and oxygen atoms in total. The summed E-state index contributed by atoms with van der Waals surface area (Å²) in [4.78, 5) is 0. The van der Waals surface area contributed by atoms with Crippen LogP contribution in [0.15, 0.2) is 51.4 Å². The topological polar surface area (TPSA) is 29.5 Å². The molecule has 0 saturated heterocycles. The van der Waals surface area contributed by atoms with E-state index in [2.05, 4.69) is 31.9 Å². The SMILES string of the molecule is CC(O)c1ccc(Oc2cccc(Br)c2)c(Br)c1. The molecule has 0 fully saturated rings. The third kappa shape index (κ3) is 3.34. The van der Waals surface area contributed by atoms with Crippen LogP contribution in [0.25, 0.3) is 0 Å². The highest BCUT2D eigenvalue weighted by atomic mass is 79.9. The highest BCUT2D eigenvalue weighted by Crippen LogP contribution is 2.32. The first kappa shape index (κ1) is 13.6. The van der Waals surface area contributed by atoms with E-state index >= 15 is 0 Å². The molecule has 0 aliphatic heterocycles. The Balaban J connectivity index is 2.24. The van der Waals surface area contributed by atoms with Gasteiger partial charge in [0.15, 0.2) is 0 Å². The number of benzene rings is 2. The zero-order valence-corrected chi connectivity index (χ0v) is 12.9. The Labute approximate surface area is 123 Å². The molecule has 0 amide bonds. The lowest BCUT2D eigenvalue weighted by Crippen LogP contribution is -1.92. The van der Waals surface area contributed by atoms with Crippen molar-refractivity contribution in [2.24, 2.45) is 0 Å². The van der Waals surface area contributed by atoms with Crippen LogP contribution in [0.2, 0.25) is 0 Å². The van der Waals surface area contributed by atoms with E-state index in [0.29, 0.717) is 0 Å². The number of ether oxygens (including phenoxy) is 1. The average molecular weight is 372 g/mol. The fraction of sp³-hybridized carbons (Fsp3) is 0.143. The quantitative estimate of drug-likeness (QED) is 0.817. The van der Waals surface area contributed by atoms with E-state index in [9.17, 15) is 5.11 Å². The van der Waals surface area contributed by atoms with Gasteiger partial charge in [-0.15, -0.1) is 0 Å². The van der Waals surface area contributed by atoms with E-state index in [-0.39, 0.29) is 0 Å². The fourth-order valence-electron chi connectivity index (χ4n) is 1.52. The first-order valence-electron chi connectivity index (χ1n) is 5.47. The maximum atomic E-state index is 9.50. The normalized spacial score (nSPS) is 12.2. The van der Waals surface area contributed by atoms with Crippen molar-refractivity contribution in [1.82, 2.24) is 0 Å². The predicted molar refractivity (Wildman–Crippen MR) is 79.0 cm³/mol. The summed E-state index contributed by atoms with van der Waals surface area (Å²) < 4.78 is 7.56. The number of hydrogen-bond acceptors (Lipinski definition) is 2. The minimum Gasteiger partial charge on any atom is -0.456 e. The number of aliphatic hydroxyl groups is 1. The van der Waals surface area contributed by atoms with Crippen LogP contribution in [0, 0.1) is 0 Å². The Bertz CT molecular complexity index is 553. The molecule has 18 heavy (non-hydrogen) atoms. The molecule has 1 unspecified atom stereocenters. The Kier molecular flexibility index (Phi) is 4.43. The van der Waals surface area contributed by atoms with Crippen molar-refractivity contribution in [3.63, 3.8) is 0 Å². The van der Waals surface area contributed by atoms with Gasteiger partial charge in [-0.05, 0) is 58.7 Å². The van der Waals surface area contributed by atoms with Crippen LogP contribution in [-0.2, 0) is 0 Å². The van der Waals surface area contributed by atoms with Crippen molar-refractivity contribution in [2.75, 3.05) is 0 Å². The van der Waals surface area contributed by atoms with Crippen LogP contribution in [0.5, 0.6) is 11.5 Å². The van der Waals surface area contributed by atoms with Crippen molar-refractivity contribution in [2.45, 2.75) is 13.0 Å². The van der Waals surface area contributed by atoms with E-state index in [4.69, 9.17) is 4.74 Å². The summed E-state index contributed by atoms with van der Waals surface area (Å²) in [7, 11) is 0. The fourth-order valence-corrected chi connectivity index (χ4v) is 2.37. The maximum absolute atomic E-state index is 9.50. The van der Waals surface area contributed by atoms with E-state index in [1.54, 1.807) is 6.92 Å². The zero-order valence-electron chi connectivity index (χ0n) is 9.73. The number of hydrogen-bond donors (Lipinski definition) is 1. The van der Waals surface area contributed by atoms with Gasteiger partial charge in [0.25, 0.3) is 0 Å². The molecular weight excluding hydrogens is 360 g/mol. The highest BCUT2D eigenvalue weighted by molar-refractivity contribution is 9.10. The molecule has 0 aromatic heterocycles. The average Bonchev–Trinajstić information content (AvgIpc) is 2.31. The van der Waals surface area contributed by atoms with Crippen molar-refractivity contribution in [3.8, 4) is 11.5 Å². The zero-order chi connectivity index (χ0) is 13.1. The lowest BCUT2D eigenvalue weighted by molar-refractivity contribution is 0.199. The molecule has 0 heterocycles. The molecule has 0 saturated carbocycles. The van der Waals surface area contributed by atoms with Crippen molar-refractivity contribution < 1.29 is 9.84 Å². The van der Waals surface area contributed by atoms with Gasteiger partial charge in [-0.1, -0.05) is 28.1 Å². The Morgan fingerprint density at radius 3 is 2.50 bits per heavy atom. The molecular formula is C14H12Br2O2. The molecule has 1 atom stereocenters. The van der Waals surface area contributed by atoms with Gasteiger partial charge in [0.05, 0.1) is 10.6 Å². The summed E-state index contributed by atoms with van der Waals surface area (Å²) in [6, 6.07) is 13.2.